The van der Waals surface area contributed by atoms with E-state index in [-0.39, 0.29) is 28.9 Å². The first-order chi connectivity index (χ1) is 13.9. The zero-order valence-electron chi connectivity index (χ0n) is 15.4. The van der Waals surface area contributed by atoms with Gasteiger partial charge >= 0.3 is 5.97 Å². The number of benzene rings is 2. The summed E-state index contributed by atoms with van der Waals surface area (Å²) in [5.74, 6) is -1.38. The van der Waals surface area contributed by atoms with E-state index in [1.807, 2.05) is 6.07 Å². The first kappa shape index (κ1) is 21.1. The van der Waals surface area contributed by atoms with Crippen molar-refractivity contribution in [1.82, 2.24) is 0 Å². The molecule has 1 aliphatic rings. The number of amides is 1. The molecule has 0 bridgehead atoms. The number of hydrogen-bond acceptors (Lipinski definition) is 5. The Kier molecular flexibility index (Phi) is 6.72. The summed E-state index contributed by atoms with van der Waals surface area (Å²) in [4.78, 5) is 26.9. The molecule has 0 N–H and O–H groups in total. The summed E-state index contributed by atoms with van der Waals surface area (Å²) >= 11 is 4.49. The zero-order valence-corrected chi connectivity index (χ0v) is 17.8. The van der Waals surface area contributed by atoms with Gasteiger partial charge in [0, 0.05) is 10.2 Å². The number of thioether (sulfide) groups is 1. The number of halogens is 2. The Morgan fingerprint density at radius 1 is 1.24 bits per heavy atom. The minimum atomic E-state index is -0.769. The number of nitriles is 1. The first-order valence-electron chi connectivity index (χ1n) is 8.76. The summed E-state index contributed by atoms with van der Waals surface area (Å²) in [6.07, 6.45) is 0.335. The van der Waals surface area contributed by atoms with E-state index < -0.39 is 11.2 Å². The predicted molar refractivity (Wildman–Crippen MR) is 112 cm³/mol. The van der Waals surface area contributed by atoms with Crippen LogP contribution in [0.5, 0.6) is 0 Å². The fourth-order valence-corrected chi connectivity index (χ4v) is 4.40. The van der Waals surface area contributed by atoms with E-state index in [1.54, 1.807) is 43.3 Å². The van der Waals surface area contributed by atoms with E-state index in [2.05, 4.69) is 15.9 Å². The second-order valence-corrected chi connectivity index (χ2v) is 8.21. The molecule has 0 radical (unpaired) electrons. The number of anilines is 1. The Labute approximate surface area is 180 Å². The molecule has 5 nitrogen and oxygen atoms in total. The summed E-state index contributed by atoms with van der Waals surface area (Å²) in [7, 11) is 0. The van der Waals surface area contributed by atoms with E-state index in [9.17, 15) is 19.2 Å². The van der Waals surface area contributed by atoms with E-state index >= 15 is 0 Å². The van der Waals surface area contributed by atoms with Crippen LogP contribution in [0.3, 0.4) is 0 Å². The molecule has 148 valence electrons. The van der Waals surface area contributed by atoms with Crippen molar-refractivity contribution in [2.24, 2.45) is 0 Å². The number of carbonyl (C=O) groups excluding carboxylic acids is 2. The van der Waals surface area contributed by atoms with Crippen LogP contribution in [0.25, 0.3) is 0 Å². The third kappa shape index (κ3) is 4.69. The van der Waals surface area contributed by atoms with Gasteiger partial charge in [0.25, 0.3) is 0 Å². The van der Waals surface area contributed by atoms with Crippen molar-refractivity contribution in [2.45, 2.75) is 18.6 Å². The molecule has 3 rings (SSSR count). The molecular formula is C21H16BrFN2O3S. The van der Waals surface area contributed by atoms with Crippen molar-refractivity contribution in [3.8, 4) is 6.07 Å². The average molecular weight is 475 g/mol. The van der Waals surface area contributed by atoms with Crippen molar-refractivity contribution in [1.29, 1.82) is 5.26 Å². The van der Waals surface area contributed by atoms with Gasteiger partial charge in [0.2, 0.25) is 5.91 Å². The molecule has 0 unspecified atom stereocenters. The minimum Gasteiger partial charge on any atom is -0.462 e. The third-order valence-electron chi connectivity index (χ3n) is 4.18. The van der Waals surface area contributed by atoms with Crippen LogP contribution < -0.4 is 4.90 Å². The standard InChI is InChI=1S/C21H16BrFN2O3S/c1-2-28-21(27)17(12-24)20-25(16-9-5-14(22)6-10-16)19(26)18(29-20)11-13-3-7-15(23)8-4-13/h3-10,18H,2,11H2,1H3/b20-17-/t18-/m1/s1. The highest BCUT2D eigenvalue weighted by molar-refractivity contribution is 9.10. The maximum atomic E-state index is 13.2. The van der Waals surface area contributed by atoms with E-state index in [1.165, 1.54) is 17.0 Å². The van der Waals surface area contributed by atoms with E-state index in [4.69, 9.17) is 4.74 Å². The van der Waals surface area contributed by atoms with Crippen LogP contribution in [0, 0.1) is 17.1 Å². The first-order valence-corrected chi connectivity index (χ1v) is 10.4. The maximum Gasteiger partial charge on any atom is 0.351 e. The molecule has 2 aromatic carbocycles. The minimum absolute atomic E-state index is 0.118. The molecule has 1 amide bonds. The highest BCUT2D eigenvalue weighted by Gasteiger charge is 2.41. The van der Waals surface area contributed by atoms with Crippen LogP contribution in [-0.4, -0.2) is 23.7 Å². The van der Waals surface area contributed by atoms with E-state index in [0.717, 1.165) is 21.8 Å². The summed E-state index contributed by atoms with van der Waals surface area (Å²) in [5.41, 5.74) is 1.11. The van der Waals surface area contributed by atoms with Gasteiger partial charge in [0.15, 0.2) is 5.57 Å². The fourth-order valence-electron chi connectivity index (χ4n) is 2.83. The summed E-state index contributed by atoms with van der Waals surface area (Å²) in [6.45, 7) is 1.77. The molecule has 1 aliphatic heterocycles. The van der Waals surface area contributed by atoms with Crippen LogP contribution in [0.4, 0.5) is 10.1 Å². The van der Waals surface area contributed by atoms with Crippen LogP contribution in [0.1, 0.15) is 12.5 Å². The van der Waals surface area contributed by atoms with Crippen molar-refractivity contribution < 1.29 is 18.7 Å². The quantitative estimate of drug-likeness (QED) is 0.360. The predicted octanol–water partition coefficient (Wildman–Crippen LogP) is 4.58. The SMILES string of the molecule is CCOC(=O)/C(C#N)=C1\S[C@H](Cc2ccc(F)cc2)C(=O)N1c1ccc(Br)cc1. The third-order valence-corrected chi connectivity index (χ3v) is 5.97. The highest BCUT2D eigenvalue weighted by Crippen LogP contribution is 2.42. The smallest absolute Gasteiger partial charge is 0.351 e. The van der Waals surface area contributed by atoms with Gasteiger partial charge in [0.05, 0.1) is 11.9 Å². The fraction of sp³-hybridized carbons (Fsp3) is 0.190. The van der Waals surface area contributed by atoms with Gasteiger partial charge in [-0.3, -0.25) is 9.69 Å². The molecule has 1 saturated heterocycles. The zero-order chi connectivity index (χ0) is 21.0. The van der Waals surface area contributed by atoms with Gasteiger partial charge in [-0.25, -0.2) is 9.18 Å². The lowest BCUT2D eigenvalue weighted by Crippen LogP contribution is -2.30. The molecule has 2 aromatic rings. The van der Waals surface area contributed by atoms with Crippen molar-refractivity contribution in [3.63, 3.8) is 0 Å². The van der Waals surface area contributed by atoms with Gasteiger partial charge in [0.1, 0.15) is 16.9 Å². The Bertz CT molecular complexity index is 1000. The second kappa shape index (κ2) is 9.25. The number of ether oxygens (including phenoxy) is 1. The van der Waals surface area contributed by atoms with Crippen molar-refractivity contribution in [2.75, 3.05) is 11.5 Å². The molecule has 0 aromatic heterocycles. The molecule has 0 aliphatic carbocycles. The summed E-state index contributed by atoms with van der Waals surface area (Å²) < 4.78 is 19.0. The number of rotatable bonds is 5. The van der Waals surface area contributed by atoms with Gasteiger partial charge in [-0.1, -0.05) is 39.8 Å². The van der Waals surface area contributed by atoms with Gasteiger partial charge < -0.3 is 4.74 Å². The van der Waals surface area contributed by atoms with Crippen LogP contribution in [-0.2, 0) is 20.7 Å². The van der Waals surface area contributed by atoms with Gasteiger partial charge in [-0.2, -0.15) is 5.26 Å². The van der Waals surface area contributed by atoms with Crippen molar-refractivity contribution in [3.05, 3.63) is 75.0 Å². The Morgan fingerprint density at radius 3 is 2.48 bits per heavy atom. The normalized spacial score (nSPS) is 17.8. The van der Waals surface area contributed by atoms with Gasteiger partial charge in [-0.05, 0) is 55.3 Å². The highest BCUT2D eigenvalue weighted by atomic mass is 79.9. The lowest BCUT2D eigenvalue weighted by atomic mass is 10.1. The maximum absolute atomic E-state index is 13.2. The average Bonchev–Trinajstić information content (AvgIpc) is 3.01. The second-order valence-electron chi connectivity index (χ2n) is 6.10. The lowest BCUT2D eigenvalue weighted by Gasteiger charge is -2.18. The Morgan fingerprint density at radius 2 is 1.90 bits per heavy atom. The number of nitrogens with zero attached hydrogens (tertiary/aromatic N) is 2. The summed E-state index contributed by atoms with van der Waals surface area (Å²) in [6, 6.07) is 14.8. The van der Waals surface area contributed by atoms with E-state index in [0.29, 0.717) is 12.1 Å². The Hall–Kier alpha value is -2.63. The molecule has 1 fully saturated rings. The lowest BCUT2D eigenvalue weighted by molar-refractivity contribution is -0.138. The summed E-state index contributed by atoms with van der Waals surface area (Å²) in [5, 5.41) is 9.26. The Balaban J connectivity index is 2.02. The number of carbonyl (C=O) groups is 2. The molecule has 8 heteroatoms. The molecule has 1 heterocycles. The topological polar surface area (TPSA) is 70.4 Å². The van der Waals surface area contributed by atoms with Crippen LogP contribution in [0.15, 0.2) is 63.6 Å². The molecular weight excluding hydrogens is 459 g/mol. The van der Waals surface area contributed by atoms with Crippen LogP contribution >= 0.6 is 27.7 Å². The molecule has 0 saturated carbocycles. The van der Waals surface area contributed by atoms with Crippen molar-refractivity contribution >= 4 is 45.3 Å². The molecule has 0 spiro atoms. The monoisotopic (exact) mass is 474 g/mol. The number of hydrogen-bond donors (Lipinski definition) is 0. The molecule has 1 atom stereocenters. The van der Waals surface area contributed by atoms with Gasteiger partial charge in [-0.15, -0.1) is 0 Å². The molecule has 29 heavy (non-hydrogen) atoms. The van der Waals surface area contributed by atoms with Crippen LogP contribution in [0.2, 0.25) is 0 Å². The largest absolute Gasteiger partial charge is 0.462 e. The number of esters is 1.